The summed E-state index contributed by atoms with van der Waals surface area (Å²) in [6.45, 7) is 0. The topological polar surface area (TPSA) is 0 Å². The Hall–Kier alpha value is 2.78. The van der Waals surface area contributed by atoms with Gasteiger partial charge >= 0.3 is 60.8 Å². The number of hydrogen-bond donors (Lipinski definition) is 0. The van der Waals surface area contributed by atoms with Gasteiger partial charge in [0.1, 0.15) is 0 Å². The first-order valence-corrected chi connectivity index (χ1v) is 0. The molecule has 15 valence electrons. The van der Waals surface area contributed by atoms with Gasteiger partial charge in [0.05, 0.1) is 0 Å². The van der Waals surface area contributed by atoms with Crippen molar-refractivity contribution in [3.05, 3.63) is 0 Å². The van der Waals surface area contributed by atoms with Crippen LogP contribution in [0.5, 0.6) is 0 Å². The maximum Gasteiger partial charge on any atom is 2.00 e. The third kappa shape index (κ3) is 8.84. The molecule has 0 aromatic heterocycles. The van der Waals surface area contributed by atoms with E-state index in [9.17, 15) is 0 Å². The van der Waals surface area contributed by atoms with Crippen molar-refractivity contribution >= 4 is 89.1 Å². The molecule has 0 unspecified atom stereocenters. The van der Waals surface area contributed by atoms with E-state index in [4.69, 9.17) is 0 Å². The van der Waals surface area contributed by atoms with Crippen LogP contribution in [0.25, 0.3) is 0 Å². The number of hydrogen-bond acceptors (Lipinski definition) is 0. The van der Waals surface area contributed by atoms with E-state index in [1.54, 1.807) is 0 Å². The van der Waals surface area contributed by atoms with Crippen molar-refractivity contribution in [2.24, 2.45) is 0 Å². The van der Waals surface area contributed by atoms with Gasteiger partial charge in [-0.05, 0) is 0 Å². The molecule has 0 aromatic rings. The van der Waals surface area contributed by atoms with Crippen molar-refractivity contribution < 1.29 is 5.71 Å². The zero-order valence-corrected chi connectivity index (χ0v) is 8.27. The van der Waals surface area contributed by atoms with Gasteiger partial charge < -0.3 is 5.71 Å². The van der Waals surface area contributed by atoms with E-state index in [-0.39, 0.29) is 94.8 Å². The molecule has 0 atom stereocenters. The fraction of sp³-hybridized carbons (Fsp3) is 0. The molecule has 0 amide bonds. The fourth-order valence-electron chi connectivity index (χ4n) is 0. The Balaban J connectivity index is 0. The normalized spacial score (nSPS) is 0. The second-order valence-electron chi connectivity index (χ2n) is 0. The van der Waals surface area contributed by atoms with Crippen molar-refractivity contribution in [2.45, 2.75) is 0 Å². The molecule has 0 heterocycles. The maximum atomic E-state index is 0. The van der Waals surface area contributed by atoms with Crippen molar-refractivity contribution in [1.29, 1.82) is 0 Å². The Labute approximate surface area is 93.3 Å². The second kappa shape index (κ2) is 17.1. The fourth-order valence-corrected chi connectivity index (χ4v) is 0. The Kier molecular flexibility index (Phi) is 125. The summed E-state index contributed by atoms with van der Waals surface area (Å²) in [5.41, 5.74) is 0. The van der Waals surface area contributed by atoms with Gasteiger partial charge in [-0.2, -0.15) is 0 Å². The minimum atomic E-state index is 0. The molecule has 0 aliphatic carbocycles. The average Bonchev–Trinajstić information content (AvgIpc) is 0. The third-order valence-electron chi connectivity index (χ3n) is 0. The summed E-state index contributed by atoms with van der Waals surface area (Å²) < 4.78 is 0. The van der Waals surface area contributed by atoms with E-state index in [0.29, 0.717) is 0 Å². The predicted octanol–water partition coefficient (Wildman–Crippen LogP) is -1.07. The van der Waals surface area contributed by atoms with Crippen LogP contribution in [0.3, 0.4) is 0 Å². The Bertz CT molecular complexity index is 16.0. The van der Waals surface area contributed by atoms with E-state index in [2.05, 4.69) is 0 Å². The van der Waals surface area contributed by atoms with Crippen LogP contribution in [0.1, 0.15) is 5.71 Å². The quantitative estimate of drug-likeness (QED) is 0.360. The van der Waals surface area contributed by atoms with Crippen LogP contribution in [0, 0.1) is 0 Å². The molecule has 0 bridgehead atoms. The van der Waals surface area contributed by atoms with E-state index in [0.717, 1.165) is 0 Å². The van der Waals surface area contributed by atoms with Gasteiger partial charge in [-0.3, -0.25) is 0 Å². The van der Waals surface area contributed by atoms with Gasteiger partial charge in [0, 0.05) is 28.3 Å². The third-order valence-corrected chi connectivity index (χ3v) is 0. The molecular formula is H4AlCaMgSi. The van der Waals surface area contributed by atoms with Crippen molar-refractivity contribution in [3.8, 4) is 0 Å². The standard InChI is InChI=1S/Al.Ca.Mg.Si.4H/q;2*+2;;4*-1. The average molecular weight is 123 g/mol. The van der Waals surface area contributed by atoms with E-state index in [1.165, 1.54) is 0 Å². The van der Waals surface area contributed by atoms with E-state index >= 15 is 0 Å². The minimum Gasteiger partial charge on any atom is -1.00 e. The summed E-state index contributed by atoms with van der Waals surface area (Å²) in [5.74, 6) is 0. The molecule has 7 radical (unpaired) electrons. The molecular weight excluding hydrogens is 119 g/mol. The van der Waals surface area contributed by atoms with Crippen LogP contribution in [-0.2, 0) is 0 Å². The molecule has 4 heavy (non-hydrogen) atoms. The van der Waals surface area contributed by atoms with Gasteiger partial charge in [-0.25, -0.2) is 0 Å². The molecule has 0 saturated carbocycles. The monoisotopic (exact) mass is 123 g/mol. The van der Waals surface area contributed by atoms with Gasteiger partial charge in [0.2, 0.25) is 0 Å². The van der Waals surface area contributed by atoms with Crippen molar-refractivity contribution in [2.75, 3.05) is 0 Å². The first-order valence-electron chi connectivity index (χ1n) is 0. The second-order valence-corrected chi connectivity index (χ2v) is 0. The van der Waals surface area contributed by atoms with E-state index in [1.807, 2.05) is 0 Å². The summed E-state index contributed by atoms with van der Waals surface area (Å²) in [6, 6.07) is 0. The van der Waals surface area contributed by atoms with Crippen LogP contribution < -0.4 is 0 Å². The predicted molar refractivity (Wildman–Crippen MR) is 27.5 cm³/mol. The van der Waals surface area contributed by atoms with E-state index < -0.39 is 0 Å². The summed E-state index contributed by atoms with van der Waals surface area (Å²) >= 11 is 0. The van der Waals surface area contributed by atoms with Gasteiger partial charge in [-0.1, -0.05) is 0 Å². The summed E-state index contributed by atoms with van der Waals surface area (Å²) in [6.07, 6.45) is 0. The molecule has 0 N–H and O–H groups in total. The van der Waals surface area contributed by atoms with Crippen LogP contribution in [0.15, 0.2) is 0 Å². The molecule has 0 aliphatic heterocycles. The Morgan fingerprint density at radius 2 is 1.25 bits per heavy atom. The first kappa shape index (κ1) is 29.3. The molecule has 0 rings (SSSR count). The largest absolute Gasteiger partial charge is 2.00 e. The molecule has 4 heteroatoms. The molecule has 0 aliphatic rings. The van der Waals surface area contributed by atoms with Crippen LogP contribution in [0.2, 0.25) is 0 Å². The van der Waals surface area contributed by atoms with Gasteiger partial charge in [-0.15, -0.1) is 0 Å². The van der Waals surface area contributed by atoms with Crippen LogP contribution in [0.4, 0.5) is 0 Å². The zero-order chi connectivity index (χ0) is 0. The van der Waals surface area contributed by atoms with Crippen molar-refractivity contribution in [1.82, 2.24) is 0 Å². The van der Waals surface area contributed by atoms with Crippen LogP contribution >= 0.6 is 0 Å². The van der Waals surface area contributed by atoms with Gasteiger partial charge in [0.15, 0.2) is 0 Å². The number of rotatable bonds is 0. The summed E-state index contributed by atoms with van der Waals surface area (Å²) in [7, 11) is 0. The zero-order valence-electron chi connectivity index (χ0n) is 6.49. The molecule has 0 saturated heterocycles. The minimum absolute atomic E-state index is 0. The Morgan fingerprint density at radius 3 is 1.25 bits per heavy atom. The maximum absolute atomic E-state index is 0. The summed E-state index contributed by atoms with van der Waals surface area (Å²) in [4.78, 5) is 0. The Morgan fingerprint density at radius 1 is 1.25 bits per heavy atom. The molecule has 0 fully saturated rings. The van der Waals surface area contributed by atoms with Crippen LogP contribution in [-0.4, -0.2) is 89.1 Å². The molecule has 0 nitrogen and oxygen atoms in total. The summed E-state index contributed by atoms with van der Waals surface area (Å²) in [5, 5.41) is 0. The first-order chi connectivity index (χ1) is 0. The SMILES string of the molecule is [Al].[Ca+2].[H-].[H-].[H-].[H-].[Mg+2].[Si]. The molecule has 0 aromatic carbocycles. The van der Waals surface area contributed by atoms with Crippen molar-refractivity contribution in [3.63, 3.8) is 0 Å². The smallest absolute Gasteiger partial charge is 1.00 e. The van der Waals surface area contributed by atoms with Gasteiger partial charge in [0.25, 0.3) is 0 Å². The molecule has 0 spiro atoms.